The highest BCUT2D eigenvalue weighted by molar-refractivity contribution is 6.32. The predicted molar refractivity (Wildman–Crippen MR) is 70.5 cm³/mol. The van der Waals surface area contributed by atoms with Crippen LogP contribution in [0.25, 0.3) is 0 Å². The molecule has 0 saturated carbocycles. The van der Waals surface area contributed by atoms with E-state index in [0.29, 0.717) is 23.8 Å². The number of hydrogen-bond acceptors (Lipinski definition) is 3. The van der Waals surface area contributed by atoms with E-state index in [2.05, 4.69) is 4.90 Å². The molecule has 3 nitrogen and oxygen atoms in total. The Morgan fingerprint density at radius 1 is 1.56 bits per heavy atom. The van der Waals surface area contributed by atoms with Gasteiger partial charge in [0.15, 0.2) is 0 Å². The van der Waals surface area contributed by atoms with Crippen LogP contribution in [0.4, 0.5) is 4.39 Å². The first-order valence-electron chi connectivity index (χ1n) is 6.00. The summed E-state index contributed by atoms with van der Waals surface area (Å²) in [6, 6.07) is 3.51. The molecule has 100 valence electrons. The molecule has 1 aliphatic heterocycles. The highest BCUT2D eigenvalue weighted by atomic mass is 35.5. The van der Waals surface area contributed by atoms with Crippen molar-refractivity contribution in [2.45, 2.75) is 12.5 Å². The summed E-state index contributed by atoms with van der Waals surface area (Å²) >= 11 is 5.95. The zero-order valence-electron chi connectivity index (χ0n) is 10.6. The van der Waals surface area contributed by atoms with E-state index in [-0.39, 0.29) is 16.9 Å². The van der Waals surface area contributed by atoms with Gasteiger partial charge in [-0.3, -0.25) is 4.90 Å². The molecule has 2 atom stereocenters. The standard InChI is InChI=1S/C13H18ClFN2O/c1-17-7-8(6-16)5-10(17)9-3-4-11(18-2)12(14)13(9)15/h3-4,8,10H,5-7,16H2,1-2H3. The van der Waals surface area contributed by atoms with Gasteiger partial charge in [-0.1, -0.05) is 17.7 Å². The van der Waals surface area contributed by atoms with Gasteiger partial charge >= 0.3 is 0 Å². The Hall–Kier alpha value is -0.840. The summed E-state index contributed by atoms with van der Waals surface area (Å²) < 4.78 is 19.2. The molecule has 2 unspecified atom stereocenters. The van der Waals surface area contributed by atoms with Gasteiger partial charge in [0, 0.05) is 18.2 Å². The van der Waals surface area contributed by atoms with Crippen molar-refractivity contribution < 1.29 is 9.13 Å². The third kappa shape index (κ3) is 2.32. The fourth-order valence-electron chi connectivity index (χ4n) is 2.60. The van der Waals surface area contributed by atoms with E-state index in [4.69, 9.17) is 22.1 Å². The van der Waals surface area contributed by atoms with Crippen LogP contribution in [0.2, 0.25) is 5.02 Å². The van der Waals surface area contributed by atoms with E-state index in [9.17, 15) is 4.39 Å². The van der Waals surface area contributed by atoms with Gasteiger partial charge in [-0.25, -0.2) is 4.39 Å². The minimum Gasteiger partial charge on any atom is -0.495 e. The quantitative estimate of drug-likeness (QED) is 0.919. The number of likely N-dealkylation sites (tertiary alicyclic amines) is 1. The Bertz CT molecular complexity index is 441. The number of methoxy groups -OCH3 is 1. The van der Waals surface area contributed by atoms with Crippen LogP contribution < -0.4 is 10.5 Å². The summed E-state index contributed by atoms with van der Waals surface area (Å²) in [5, 5.41) is 0.0552. The predicted octanol–water partition coefficient (Wildman–Crippen LogP) is 2.44. The maximum Gasteiger partial charge on any atom is 0.150 e. The summed E-state index contributed by atoms with van der Waals surface area (Å²) in [6.45, 7) is 1.52. The Morgan fingerprint density at radius 3 is 2.83 bits per heavy atom. The SMILES string of the molecule is COc1ccc(C2CC(CN)CN2C)c(F)c1Cl. The zero-order chi connectivity index (χ0) is 13.3. The van der Waals surface area contributed by atoms with Crippen LogP contribution in [0.15, 0.2) is 12.1 Å². The van der Waals surface area contributed by atoms with Gasteiger partial charge in [0.2, 0.25) is 0 Å². The molecule has 1 heterocycles. The van der Waals surface area contributed by atoms with E-state index in [1.807, 2.05) is 7.05 Å². The van der Waals surface area contributed by atoms with Gasteiger partial charge in [0.1, 0.15) is 16.6 Å². The number of hydrogen-bond donors (Lipinski definition) is 1. The second kappa shape index (κ2) is 5.43. The molecule has 1 aromatic carbocycles. The third-order valence-corrected chi connectivity index (χ3v) is 3.98. The molecule has 1 aliphatic rings. The number of nitrogens with zero attached hydrogens (tertiary/aromatic N) is 1. The zero-order valence-corrected chi connectivity index (χ0v) is 11.4. The summed E-state index contributed by atoms with van der Waals surface area (Å²) in [4.78, 5) is 2.12. The molecule has 2 N–H and O–H groups in total. The Balaban J connectivity index is 2.32. The second-order valence-electron chi connectivity index (χ2n) is 4.78. The van der Waals surface area contributed by atoms with Gasteiger partial charge in [-0.15, -0.1) is 0 Å². The first kappa shape index (κ1) is 13.6. The van der Waals surface area contributed by atoms with Crippen molar-refractivity contribution in [2.75, 3.05) is 27.2 Å². The average molecular weight is 273 g/mol. The van der Waals surface area contributed by atoms with Crippen molar-refractivity contribution in [3.05, 3.63) is 28.5 Å². The monoisotopic (exact) mass is 272 g/mol. The molecule has 5 heteroatoms. The highest BCUT2D eigenvalue weighted by Gasteiger charge is 2.32. The smallest absolute Gasteiger partial charge is 0.150 e. The fraction of sp³-hybridized carbons (Fsp3) is 0.538. The molecule has 18 heavy (non-hydrogen) atoms. The highest BCUT2D eigenvalue weighted by Crippen LogP contribution is 2.39. The maximum absolute atomic E-state index is 14.2. The van der Waals surface area contributed by atoms with Crippen molar-refractivity contribution in [3.8, 4) is 5.75 Å². The van der Waals surface area contributed by atoms with Crippen LogP contribution >= 0.6 is 11.6 Å². The first-order valence-corrected chi connectivity index (χ1v) is 6.38. The molecule has 0 bridgehead atoms. The summed E-state index contributed by atoms with van der Waals surface area (Å²) in [6.07, 6.45) is 0.868. The molecule has 1 saturated heterocycles. The summed E-state index contributed by atoms with van der Waals surface area (Å²) in [5.74, 6) is 0.403. The first-order chi connectivity index (χ1) is 8.58. The molecule has 0 amide bonds. The molecular formula is C13H18ClFN2O. The lowest BCUT2D eigenvalue weighted by Crippen LogP contribution is -2.21. The van der Waals surface area contributed by atoms with E-state index < -0.39 is 0 Å². The number of rotatable bonds is 3. The van der Waals surface area contributed by atoms with Crippen LogP contribution in [0, 0.1) is 11.7 Å². The molecule has 0 radical (unpaired) electrons. The van der Waals surface area contributed by atoms with E-state index in [1.54, 1.807) is 12.1 Å². The molecule has 1 aromatic rings. The lowest BCUT2D eigenvalue weighted by Gasteiger charge is -2.21. The van der Waals surface area contributed by atoms with Gasteiger partial charge in [0.05, 0.1) is 7.11 Å². The van der Waals surface area contributed by atoms with Crippen LogP contribution in [-0.2, 0) is 0 Å². The van der Waals surface area contributed by atoms with E-state index in [0.717, 1.165) is 13.0 Å². The van der Waals surface area contributed by atoms with Gasteiger partial charge in [-0.2, -0.15) is 0 Å². The summed E-state index contributed by atoms with van der Waals surface area (Å²) in [5.41, 5.74) is 6.31. The van der Waals surface area contributed by atoms with Crippen molar-refractivity contribution in [1.82, 2.24) is 4.90 Å². The number of ether oxygens (including phenoxy) is 1. The van der Waals surface area contributed by atoms with Gasteiger partial charge < -0.3 is 10.5 Å². The van der Waals surface area contributed by atoms with Gasteiger partial charge in [-0.05, 0) is 32.0 Å². The molecule has 2 rings (SSSR count). The van der Waals surface area contributed by atoms with E-state index >= 15 is 0 Å². The summed E-state index contributed by atoms with van der Waals surface area (Å²) in [7, 11) is 3.46. The number of nitrogens with two attached hydrogens (primary N) is 1. The molecule has 1 fully saturated rings. The lowest BCUT2D eigenvalue weighted by molar-refractivity contribution is 0.306. The van der Waals surface area contributed by atoms with Crippen LogP contribution in [0.5, 0.6) is 5.75 Å². The van der Waals surface area contributed by atoms with Gasteiger partial charge in [0.25, 0.3) is 0 Å². The molecule has 0 aliphatic carbocycles. The normalized spacial score (nSPS) is 24.5. The lowest BCUT2D eigenvalue weighted by atomic mass is 9.99. The van der Waals surface area contributed by atoms with Crippen LogP contribution in [0.1, 0.15) is 18.0 Å². The third-order valence-electron chi connectivity index (χ3n) is 3.62. The van der Waals surface area contributed by atoms with Crippen molar-refractivity contribution >= 4 is 11.6 Å². The largest absolute Gasteiger partial charge is 0.495 e. The maximum atomic E-state index is 14.2. The Labute approximate surface area is 112 Å². The van der Waals surface area contributed by atoms with Crippen molar-refractivity contribution in [2.24, 2.45) is 11.7 Å². The molecule has 0 aromatic heterocycles. The minimum atomic E-state index is -0.384. The Kier molecular flexibility index (Phi) is 4.10. The number of benzene rings is 1. The van der Waals surface area contributed by atoms with Crippen LogP contribution in [0.3, 0.4) is 0 Å². The van der Waals surface area contributed by atoms with E-state index in [1.165, 1.54) is 7.11 Å². The fourth-order valence-corrected chi connectivity index (χ4v) is 2.85. The van der Waals surface area contributed by atoms with Crippen LogP contribution in [-0.4, -0.2) is 32.1 Å². The number of halogens is 2. The molecule has 0 spiro atoms. The van der Waals surface area contributed by atoms with Crippen molar-refractivity contribution in [1.29, 1.82) is 0 Å². The topological polar surface area (TPSA) is 38.5 Å². The van der Waals surface area contributed by atoms with Crippen molar-refractivity contribution in [3.63, 3.8) is 0 Å². The second-order valence-corrected chi connectivity index (χ2v) is 5.16. The average Bonchev–Trinajstić information content (AvgIpc) is 2.74. The molecular weight excluding hydrogens is 255 g/mol. The minimum absolute atomic E-state index is 0.0435. The Morgan fingerprint density at radius 2 is 2.28 bits per heavy atom.